The molecule has 0 bridgehead atoms. The molecule has 130 valence electrons. The van der Waals surface area contributed by atoms with Gasteiger partial charge in [-0.15, -0.1) is 0 Å². The summed E-state index contributed by atoms with van der Waals surface area (Å²) in [5, 5.41) is 3.11. The minimum absolute atomic E-state index is 0.132. The molecule has 10 heteroatoms. The summed E-state index contributed by atoms with van der Waals surface area (Å²) in [4.78, 5) is 8.32. The topological polar surface area (TPSA) is 77.9 Å². The lowest BCUT2D eigenvalue weighted by atomic mass is 10.1. The third-order valence-corrected chi connectivity index (χ3v) is 4.53. The molecule has 1 N–H and O–H groups in total. The molecular formula is C15H8BrF3N3O2S-. The summed E-state index contributed by atoms with van der Waals surface area (Å²) in [5.41, 5.74) is 0.0664. The molecule has 0 aliphatic carbocycles. The Labute approximate surface area is 150 Å². The molecule has 0 fully saturated rings. The zero-order chi connectivity index (χ0) is 18.2. The van der Waals surface area contributed by atoms with Crippen molar-refractivity contribution < 1.29 is 21.9 Å². The van der Waals surface area contributed by atoms with E-state index in [0.29, 0.717) is 11.2 Å². The Morgan fingerprint density at radius 2 is 1.84 bits per heavy atom. The Balaban J connectivity index is 1.93. The molecule has 5 nitrogen and oxygen atoms in total. The summed E-state index contributed by atoms with van der Waals surface area (Å²) in [5.74, 6) is 0.170. The van der Waals surface area contributed by atoms with Gasteiger partial charge < -0.3 is 9.87 Å². The van der Waals surface area contributed by atoms with E-state index in [9.17, 15) is 21.9 Å². The van der Waals surface area contributed by atoms with E-state index >= 15 is 0 Å². The Morgan fingerprint density at radius 3 is 2.44 bits per heavy atom. The Bertz CT molecular complexity index is 965. The van der Waals surface area contributed by atoms with Gasteiger partial charge in [0, 0.05) is 26.6 Å². The number of halogens is 4. The van der Waals surface area contributed by atoms with Crippen LogP contribution in [0.1, 0.15) is 5.56 Å². The fourth-order valence-corrected chi connectivity index (χ4v) is 3.03. The summed E-state index contributed by atoms with van der Waals surface area (Å²) in [6, 6.07) is 7.79. The van der Waals surface area contributed by atoms with Crippen LogP contribution in [-0.2, 0) is 17.3 Å². The van der Waals surface area contributed by atoms with Crippen molar-refractivity contribution in [2.75, 3.05) is 5.32 Å². The molecule has 1 heterocycles. The van der Waals surface area contributed by atoms with E-state index in [1.807, 2.05) is 0 Å². The lowest BCUT2D eigenvalue weighted by Crippen LogP contribution is -2.05. The Morgan fingerprint density at radius 1 is 1.16 bits per heavy atom. The largest absolute Gasteiger partial charge is 0.768 e. The van der Waals surface area contributed by atoms with Gasteiger partial charge in [0.15, 0.2) is 0 Å². The highest BCUT2D eigenvalue weighted by atomic mass is 79.9. The van der Waals surface area contributed by atoms with Crippen molar-refractivity contribution in [1.29, 1.82) is 0 Å². The van der Waals surface area contributed by atoms with Gasteiger partial charge in [-0.3, -0.25) is 4.21 Å². The first-order valence-corrected chi connectivity index (χ1v) is 8.61. The van der Waals surface area contributed by atoms with Crippen LogP contribution in [0.25, 0.3) is 10.9 Å². The number of hydrogen-bond donors (Lipinski definition) is 1. The monoisotopic (exact) mass is 430 g/mol. The van der Waals surface area contributed by atoms with Crippen molar-refractivity contribution in [3.63, 3.8) is 0 Å². The second-order valence-electron chi connectivity index (χ2n) is 4.97. The van der Waals surface area contributed by atoms with Gasteiger partial charge in [-0.25, -0.2) is 9.97 Å². The molecule has 0 amide bonds. The fourth-order valence-electron chi connectivity index (χ4n) is 2.10. The average molecular weight is 431 g/mol. The molecule has 2 aromatic carbocycles. The van der Waals surface area contributed by atoms with Gasteiger partial charge in [0.1, 0.15) is 0 Å². The van der Waals surface area contributed by atoms with Gasteiger partial charge in [0.2, 0.25) is 5.95 Å². The normalized spacial score (nSPS) is 13.0. The molecule has 0 aliphatic rings. The number of nitrogens with zero attached hydrogens (tertiary/aromatic N) is 2. The van der Waals surface area contributed by atoms with E-state index in [1.54, 1.807) is 0 Å². The summed E-state index contributed by atoms with van der Waals surface area (Å²) in [7, 11) is 0. The van der Waals surface area contributed by atoms with Crippen LogP contribution in [0.4, 0.5) is 24.8 Å². The molecule has 3 aromatic rings. The zero-order valence-electron chi connectivity index (χ0n) is 12.2. The number of aromatic nitrogens is 2. The maximum Gasteiger partial charge on any atom is 0.416 e. The summed E-state index contributed by atoms with van der Waals surface area (Å²) in [6.45, 7) is 0. The zero-order valence-corrected chi connectivity index (χ0v) is 14.6. The first kappa shape index (κ1) is 17.8. The Hall–Kier alpha value is -2.04. The molecule has 25 heavy (non-hydrogen) atoms. The molecule has 1 atom stereocenters. The highest BCUT2D eigenvalue weighted by Gasteiger charge is 2.31. The van der Waals surface area contributed by atoms with Crippen LogP contribution in [0.5, 0.6) is 0 Å². The van der Waals surface area contributed by atoms with Crippen molar-refractivity contribution in [3.05, 3.63) is 52.6 Å². The van der Waals surface area contributed by atoms with Crippen molar-refractivity contribution in [2.45, 2.75) is 11.1 Å². The number of benzene rings is 2. The SMILES string of the molecule is O=S([O-])c1ccc(Nc2ncc3cc(C(F)(F)F)cc(Br)c3n2)cc1. The molecule has 0 saturated carbocycles. The molecule has 0 radical (unpaired) electrons. The second-order valence-corrected chi connectivity index (χ2v) is 6.77. The minimum Gasteiger partial charge on any atom is -0.768 e. The smallest absolute Gasteiger partial charge is 0.416 e. The number of rotatable bonds is 3. The van der Waals surface area contributed by atoms with Crippen molar-refractivity contribution in [3.8, 4) is 0 Å². The predicted octanol–water partition coefficient (Wildman–Crippen LogP) is 4.39. The lowest BCUT2D eigenvalue weighted by Gasteiger charge is -2.11. The van der Waals surface area contributed by atoms with Gasteiger partial charge in [-0.05, 0) is 63.4 Å². The maximum absolute atomic E-state index is 12.8. The molecule has 3 rings (SSSR count). The first-order valence-electron chi connectivity index (χ1n) is 6.74. The van der Waals surface area contributed by atoms with Crippen LogP contribution >= 0.6 is 15.9 Å². The van der Waals surface area contributed by atoms with E-state index < -0.39 is 22.8 Å². The van der Waals surface area contributed by atoms with E-state index in [1.165, 1.54) is 30.5 Å². The van der Waals surface area contributed by atoms with Crippen molar-refractivity contribution >= 4 is 49.5 Å². The highest BCUT2D eigenvalue weighted by molar-refractivity contribution is 9.10. The van der Waals surface area contributed by atoms with Crippen LogP contribution in [0.15, 0.2) is 52.0 Å². The lowest BCUT2D eigenvalue weighted by molar-refractivity contribution is -0.137. The number of alkyl halides is 3. The highest BCUT2D eigenvalue weighted by Crippen LogP contribution is 2.34. The molecule has 0 aliphatic heterocycles. The predicted molar refractivity (Wildman–Crippen MR) is 89.2 cm³/mol. The van der Waals surface area contributed by atoms with Crippen LogP contribution in [0.2, 0.25) is 0 Å². The van der Waals surface area contributed by atoms with Gasteiger partial charge in [0.05, 0.1) is 11.1 Å². The van der Waals surface area contributed by atoms with Crippen molar-refractivity contribution in [2.24, 2.45) is 0 Å². The minimum atomic E-state index is -4.46. The Kier molecular flexibility index (Phi) is 4.76. The number of hydrogen-bond acceptors (Lipinski definition) is 5. The van der Waals surface area contributed by atoms with Gasteiger partial charge in [-0.1, -0.05) is 0 Å². The van der Waals surface area contributed by atoms with E-state index in [0.717, 1.165) is 12.1 Å². The fraction of sp³-hybridized carbons (Fsp3) is 0.0667. The summed E-state index contributed by atoms with van der Waals surface area (Å²) < 4.78 is 60.3. The number of fused-ring (bicyclic) bond motifs is 1. The molecule has 1 aromatic heterocycles. The molecule has 0 saturated heterocycles. The molecular weight excluding hydrogens is 423 g/mol. The van der Waals surface area contributed by atoms with Gasteiger partial charge >= 0.3 is 6.18 Å². The number of anilines is 2. The van der Waals surface area contributed by atoms with Crippen LogP contribution in [0.3, 0.4) is 0 Å². The molecule has 0 spiro atoms. The summed E-state index contributed by atoms with van der Waals surface area (Å²) in [6.07, 6.45) is -3.18. The first-order chi connectivity index (χ1) is 11.7. The molecule has 1 unspecified atom stereocenters. The van der Waals surface area contributed by atoms with Crippen molar-refractivity contribution in [1.82, 2.24) is 9.97 Å². The quantitative estimate of drug-likeness (QED) is 0.623. The average Bonchev–Trinajstić information content (AvgIpc) is 2.55. The summed E-state index contributed by atoms with van der Waals surface area (Å²) >= 11 is 0.776. The van der Waals surface area contributed by atoms with Crippen LogP contribution in [-0.4, -0.2) is 18.7 Å². The number of nitrogens with one attached hydrogen (secondary N) is 1. The second kappa shape index (κ2) is 6.70. The van der Waals surface area contributed by atoms with Crippen LogP contribution in [0, 0.1) is 0 Å². The maximum atomic E-state index is 12.8. The van der Waals surface area contributed by atoms with E-state index in [2.05, 4.69) is 31.2 Å². The van der Waals surface area contributed by atoms with Gasteiger partial charge in [-0.2, -0.15) is 13.2 Å². The third kappa shape index (κ3) is 3.97. The third-order valence-electron chi connectivity index (χ3n) is 3.27. The van der Waals surface area contributed by atoms with E-state index in [-0.39, 0.29) is 20.7 Å². The van der Waals surface area contributed by atoms with Crippen LogP contribution < -0.4 is 5.32 Å². The van der Waals surface area contributed by atoms with Gasteiger partial charge in [0.25, 0.3) is 0 Å². The van der Waals surface area contributed by atoms with E-state index in [4.69, 9.17) is 0 Å². The standard InChI is InChI=1S/C15H9BrF3N3O2S/c16-12-6-9(15(17,18)19)5-8-7-20-14(22-13(8)12)21-10-1-3-11(4-2-10)25(23)24/h1-7H,(H,23,24)(H,20,21,22)/p-1.